The Balaban J connectivity index is 1.97. The molecule has 6 atom stereocenters. The molecule has 0 aromatic heterocycles. The molecule has 20 heavy (non-hydrogen) atoms. The molecule has 3 nitrogen and oxygen atoms in total. The quantitative estimate of drug-likeness (QED) is 0.857. The zero-order chi connectivity index (χ0) is 14.9. The van der Waals surface area contributed by atoms with Crippen LogP contribution in [0.15, 0.2) is 0 Å². The van der Waals surface area contributed by atoms with E-state index in [4.69, 9.17) is 0 Å². The Kier molecular flexibility index (Phi) is 5.77. The highest BCUT2D eigenvalue weighted by molar-refractivity contribution is 8.07. The van der Waals surface area contributed by atoms with Crippen LogP contribution < -0.4 is 0 Å². The Morgan fingerprint density at radius 1 is 1.20 bits per heavy atom. The van der Waals surface area contributed by atoms with Gasteiger partial charge >= 0.3 is 0 Å². The number of thioether (sulfide) groups is 2. The van der Waals surface area contributed by atoms with Gasteiger partial charge in [0, 0.05) is 27.8 Å². The van der Waals surface area contributed by atoms with Crippen molar-refractivity contribution in [2.45, 2.75) is 66.6 Å². The van der Waals surface area contributed by atoms with Gasteiger partial charge in [-0.3, -0.25) is 0 Å². The smallest absolute Gasteiger partial charge is 0.150 e. The molecule has 0 radical (unpaired) electrons. The van der Waals surface area contributed by atoms with Crippen molar-refractivity contribution in [3.8, 4) is 0 Å². The summed E-state index contributed by atoms with van der Waals surface area (Å²) in [6.45, 7) is 4.46. The predicted octanol–water partition coefficient (Wildman–Crippen LogP) is 2.58. The summed E-state index contributed by atoms with van der Waals surface area (Å²) < 4.78 is 23.5. The Bertz CT molecular complexity index is 423. The largest absolute Gasteiger partial charge is 0.392 e. The standard InChI is InChI=1S/C14H26O3S3/c1-9-10(2)19-13(8-18-9)14(15)11-5-4-6-12(7-11)20(3,16)17/h9-15H,4-8H2,1-3H3. The van der Waals surface area contributed by atoms with Gasteiger partial charge in [0.15, 0.2) is 0 Å². The van der Waals surface area contributed by atoms with Crippen LogP contribution in [0.25, 0.3) is 0 Å². The predicted molar refractivity (Wildman–Crippen MR) is 89.4 cm³/mol. The highest BCUT2D eigenvalue weighted by Gasteiger charge is 2.38. The van der Waals surface area contributed by atoms with Crippen molar-refractivity contribution in [1.82, 2.24) is 0 Å². The van der Waals surface area contributed by atoms with Gasteiger partial charge in [-0.25, -0.2) is 8.42 Å². The lowest BCUT2D eigenvalue weighted by Gasteiger charge is -2.39. The lowest BCUT2D eigenvalue weighted by Crippen LogP contribution is -2.42. The van der Waals surface area contributed by atoms with E-state index >= 15 is 0 Å². The molecule has 6 unspecified atom stereocenters. The highest BCUT2D eigenvalue weighted by atomic mass is 32.2. The van der Waals surface area contributed by atoms with Crippen LogP contribution in [0.1, 0.15) is 39.5 Å². The van der Waals surface area contributed by atoms with Crippen molar-refractivity contribution in [3.05, 3.63) is 0 Å². The normalized spacial score (nSPS) is 41.3. The van der Waals surface area contributed by atoms with Crippen molar-refractivity contribution in [3.63, 3.8) is 0 Å². The van der Waals surface area contributed by atoms with E-state index in [2.05, 4.69) is 13.8 Å². The fourth-order valence-corrected chi connectivity index (χ4v) is 7.46. The van der Waals surface area contributed by atoms with Gasteiger partial charge in [0.05, 0.1) is 11.4 Å². The zero-order valence-corrected chi connectivity index (χ0v) is 14.9. The molecule has 0 aromatic rings. The van der Waals surface area contributed by atoms with Crippen molar-refractivity contribution >= 4 is 33.4 Å². The molecule has 6 heteroatoms. The molecular formula is C14H26O3S3. The molecule has 1 aliphatic carbocycles. The van der Waals surface area contributed by atoms with Gasteiger partial charge in [-0.15, -0.1) is 0 Å². The Labute approximate surface area is 131 Å². The third-order valence-electron chi connectivity index (χ3n) is 4.71. The van der Waals surface area contributed by atoms with Crippen LogP contribution in [0.4, 0.5) is 0 Å². The summed E-state index contributed by atoms with van der Waals surface area (Å²) in [4.78, 5) is 0. The first-order valence-corrected chi connectivity index (χ1v) is 11.4. The van der Waals surface area contributed by atoms with Crippen molar-refractivity contribution in [1.29, 1.82) is 0 Å². The third-order valence-corrected chi connectivity index (χ3v) is 9.85. The number of aliphatic hydroxyl groups excluding tert-OH is 1. The topological polar surface area (TPSA) is 54.4 Å². The number of rotatable bonds is 3. The molecule has 2 fully saturated rings. The van der Waals surface area contributed by atoms with Gasteiger partial charge < -0.3 is 5.11 Å². The molecule has 0 spiro atoms. The maximum Gasteiger partial charge on any atom is 0.150 e. The van der Waals surface area contributed by atoms with E-state index in [0.717, 1.165) is 25.0 Å². The van der Waals surface area contributed by atoms with Crippen LogP contribution in [-0.2, 0) is 9.84 Å². The van der Waals surface area contributed by atoms with Crippen LogP contribution in [-0.4, -0.2) is 52.6 Å². The molecule has 2 rings (SSSR count). The van der Waals surface area contributed by atoms with Crippen molar-refractivity contribution in [2.75, 3.05) is 12.0 Å². The molecule has 0 amide bonds. The maximum absolute atomic E-state index is 11.7. The summed E-state index contributed by atoms with van der Waals surface area (Å²) in [5.74, 6) is 1.14. The summed E-state index contributed by atoms with van der Waals surface area (Å²) in [6, 6.07) is 0. The lowest BCUT2D eigenvalue weighted by molar-refractivity contribution is 0.0876. The Morgan fingerprint density at radius 3 is 2.50 bits per heavy atom. The van der Waals surface area contributed by atoms with Crippen LogP contribution >= 0.6 is 23.5 Å². The molecule has 1 N–H and O–H groups in total. The first-order chi connectivity index (χ1) is 9.29. The van der Waals surface area contributed by atoms with Crippen molar-refractivity contribution < 1.29 is 13.5 Å². The average molecular weight is 339 g/mol. The second-order valence-corrected chi connectivity index (χ2v) is 11.6. The molecule has 118 valence electrons. The number of aliphatic hydroxyl groups is 1. The van der Waals surface area contributed by atoms with E-state index < -0.39 is 9.84 Å². The minimum Gasteiger partial charge on any atom is -0.392 e. The molecule has 1 saturated heterocycles. The van der Waals surface area contributed by atoms with Crippen molar-refractivity contribution in [2.24, 2.45) is 5.92 Å². The van der Waals surface area contributed by atoms with Crippen LogP contribution in [0, 0.1) is 5.92 Å². The van der Waals surface area contributed by atoms with E-state index in [1.807, 2.05) is 23.5 Å². The SMILES string of the molecule is CC1SCC(C(O)C2CCCC(S(C)(=O)=O)C2)SC1C. The summed E-state index contributed by atoms with van der Waals surface area (Å²) in [7, 11) is -2.97. The first-order valence-electron chi connectivity index (χ1n) is 7.43. The summed E-state index contributed by atoms with van der Waals surface area (Å²) >= 11 is 3.82. The van der Waals surface area contributed by atoms with Crippen LogP contribution in [0.2, 0.25) is 0 Å². The van der Waals surface area contributed by atoms with E-state index in [-0.39, 0.29) is 22.5 Å². The summed E-state index contributed by atoms with van der Waals surface area (Å²) in [5.41, 5.74) is 0. The van der Waals surface area contributed by atoms with Gasteiger partial charge in [-0.1, -0.05) is 20.3 Å². The second-order valence-electron chi connectivity index (χ2n) is 6.29. The summed E-state index contributed by atoms with van der Waals surface area (Å²) in [6.07, 6.45) is 4.29. The first kappa shape index (κ1) is 17.0. The van der Waals surface area contributed by atoms with Gasteiger partial charge in [0.1, 0.15) is 9.84 Å². The summed E-state index contributed by atoms with van der Waals surface area (Å²) in [5, 5.41) is 11.9. The zero-order valence-electron chi connectivity index (χ0n) is 12.5. The number of sulfone groups is 1. The van der Waals surface area contributed by atoms with Gasteiger partial charge in [0.25, 0.3) is 0 Å². The number of hydrogen-bond donors (Lipinski definition) is 1. The third kappa shape index (κ3) is 4.08. The molecular weight excluding hydrogens is 312 g/mol. The monoisotopic (exact) mass is 338 g/mol. The fraction of sp³-hybridized carbons (Fsp3) is 1.00. The second kappa shape index (κ2) is 6.80. The maximum atomic E-state index is 11.7. The Hall–Kier alpha value is 0.610. The molecule has 1 heterocycles. The van der Waals surface area contributed by atoms with Gasteiger partial charge in [0.2, 0.25) is 0 Å². The average Bonchev–Trinajstić information content (AvgIpc) is 2.40. The fourth-order valence-electron chi connectivity index (χ4n) is 3.17. The van der Waals surface area contributed by atoms with E-state index in [1.54, 1.807) is 0 Å². The van der Waals surface area contributed by atoms with Crippen LogP contribution in [0.5, 0.6) is 0 Å². The highest BCUT2D eigenvalue weighted by Crippen LogP contribution is 2.41. The molecule has 0 bridgehead atoms. The minimum absolute atomic E-state index is 0.155. The molecule has 2 aliphatic rings. The molecule has 1 saturated carbocycles. The molecule has 1 aliphatic heterocycles. The van der Waals surface area contributed by atoms with E-state index in [1.165, 1.54) is 6.26 Å². The lowest BCUT2D eigenvalue weighted by atomic mass is 9.84. The Morgan fingerprint density at radius 2 is 1.90 bits per heavy atom. The molecule has 0 aromatic carbocycles. The number of hydrogen-bond acceptors (Lipinski definition) is 5. The van der Waals surface area contributed by atoms with Gasteiger partial charge in [-0.2, -0.15) is 23.5 Å². The van der Waals surface area contributed by atoms with E-state index in [9.17, 15) is 13.5 Å². The van der Waals surface area contributed by atoms with Gasteiger partial charge in [-0.05, 0) is 25.2 Å². The van der Waals surface area contributed by atoms with E-state index in [0.29, 0.717) is 16.9 Å². The van der Waals surface area contributed by atoms with Crippen LogP contribution in [0.3, 0.4) is 0 Å². The minimum atomic E-state index is -2.97.